The molecular weight excluding hydrogens is 339 g/mol. The minimum Gasteiger partial charge on any atom is -0.487 e. The Morgan fingerprint density at radius 2 is 1.74 bits per heavy atom. The van der Waals surface area contributed by atoms with Crippen molar-refractivity contribution < 1.29 is 14.3 Å². The van der Waals surface area contributed by atoms with Crippen LogP contribution in [0.3, 0.4) is 0 Å². The predicted octanol–water partition coefficient (Wildman–Crippen LogP) is 4.35. The van der Waals surface area contributed by atoms with Crippen molar-refractivity contribution in [2.24, 2.45) is 0 Å². The molecule has 1 fully saturated rings. The number of rotatable bonds is 2. The second-order valence-electron chi connectivity index (χ2n) is 6.60. The summed E-state index contributed by atoms with van der Waals surface area (Å²) in [5.41, 5.74) is 5.68. The maximum atomic E-state index is 12.0. The SMILES string of the molecule is CC(C)(C)OC(=O)N1CCC(Oc2c(Cl)cc(N)cc2Cl)CC1. The third-order valence-electron chi connectivity index (χ3n) is 3.40. The van der Waals surface area contributed by atoms with Crippen molar-refractivity contribution >= 4 is 35.0 Å². The van der Waals surface area contributed by atoms with Crippen LogP contribution in [0.1, 0.15) is 33.6 Å². The van der Waals surface area contributed by atoms with Crippen LogP contribution >= 0.6 is 23.2 Å². The van der Waals surface area contributed by atoms with E-state index in [0.717, 1.165) is 0 Å². The van der Waals surface area contributed by atoms with E-state index >= 15 is 0 Å². The van der Waals surface area contributed by atoms with Crippen LogP contribution in [0.15, 0.2) is 12.1 Å². The number of hydrogen-bond acceptors (Lipinski definition) is 4. The lowest BCUT2D eigenvalue weighted by Crippen LogP contribution is -2.44. The number of halogens is 2. The Hall–Kier alpha value is -1.33. The number of likely N-dealkylation sites (tertiary alicyclic amines) is 1. The highest BCUT2D eigenvalue weighted by atomic mass is 35.5. The van der Waals surface area contributed by atoms with E-state index in [1.54, 1.807) is 17.0 Å². The molecule has 0 saturated carbocycles. The van der Waals surface area contributed by atoms with Gasteiger partial charge < -0.3 is 20.1 Å². The first-order chi connectivity index (χ1) is 10.7. The fraction of sp³-hybridized carbons (Fsp3) is 0.562. The number of nitrogens with two attached hydrogens (primary N) is 1. The summed E-state index contributed by atoms with van der Waals surface area (Å²) in [5.74, 6) is 0.443. The van der Waals surface area contributed by atoms with Gasteiger partial charge in [0.25, 0.3) is 0 Å². The monoisotopic (exact) mass is 360 g/mol. The van der Waals surface area contributed by atoms with Crippen LogP contribution in [0.4, 0.5) is 10.5 Å². The smallest absolute Gasteiger partial charge is 0.410 e. The van der Waals surface area contributed by atoms with Gasteiger partial charge in [-0.3, -0.25) is 0 Å². The van der Waals surface area contributed by atoms with Gasteiger partial charge >= 0.3 is 6.09 Å². The molecule has 0 radical (unpaired) electrons. The summed E-state index contributed by atoms with van der Waals surface area (Å²) in [5, 5.41) is 0.786. The quantitative estimate of drug-likeness (QED) is 0.796. The van der Waals surface area contributed by atoms with Gasteiger partial charge in [0.05, 0.1) is 10.0 Å². The normalized spacial score (nSPS) is 16.3. The molecular formula is C16H22Cl2N2O3. The highest BCUT2D eigenvalue weighted by Crippen LogP contribution is 2.36. The van der Waals surface area contributed by atoms with Gasteiger partial charge in [-0.05, 0) is 32.9 Å². The number of anilines is 1. The van der Waals surface area contributed by atoms with Crippen LogP contribution in [-0.4, -0.2) is 35.8 Å². The number of nitrogen functional groups attached to an aromatic ring is 1. The molecule has 1 amide bonds. The van der Waals surface area contributed by atoms with E-state index in [1.807, 2.05) is 20.8 Å². The van der Waals surface area contributed by atoms with Crippen LogP contribution in [0.5, 0.6) is 5.75 Å². The molecule has 0 atom stereocenters. The van der Waals surface area contributed by atoms with E-state index in [-0.39, 0.29) is 12.2 Å². The lowest BCUT2D eigenvalue weighted by atomic mass is 10.1. The number of hydrogen-bond donors (Lipinski definition) is 1. The van der Waals surface area contributed by atoms with Gasteiger partial charge in [0.2, 0.25) is 0 Å². The van der Waals surface area contributed by atoms with Gasteiger partial charge in [0, 0.05) is 31.6 Å². The highest BCUT2D eigenvalue weighted by Gasteiger charge is 2.28. The van der Waals surface area contributed by atoms with Gasteiger partial charge in [0.1, 0.15) is 11.7 Å². The van der Waals surface area contributed by atoms with Crippen molar-refractivity contribution in [3.63, 3.8) is 0 Å². The lowest BCUT2D eigenvalue weighted by Gasteiger charge is -2.33. The Balaban J connectivity index is 1.92. The summed E-state index contributed by atoms with van der Waals surface area (Å²) < 4.78 is 11.3. The van der Waals surface area contributed by atoms with Crippen LogP contribution in [0.25, 0.3) is 0 Å². The Morgan fingerprint density at radius 1 is 1.22 bits per heavy atom. The molecule has 1 heterocycles. The summed E-state index contributed by atoms with van der Waals surface area (Å²) >= 11 is 12.3. The molecule has 2 rings (SSSR count). The lowest BCUT2D eigenvalue weighted by molar-refractivity contribution is 0.0127. The summed E-state index contributed by atoms with van der Waals surface area (Å²) in [6.45, 7) is 6.71. The number of piperidine rings is 1. The largest absolute Gasteiger partial charge is 0.487 e. The molecule has 1 saturated heterocycles. The van der Waals surface area contributed by atoms with Gasteiger partial charge in [-0.2, -0.15) is 0 Å². The Labute approximate surface area is 146 Å². The first kappa shape index (κ1) is 18.0. The third-order valence-corrected chi connectivity index (χ3v) is 3.96. The summed E-state index contributed by atoms with van der Waals surface area (Å²) in [6, 6.07) is 3.22. The molecule has 0 aromatic heterocycles. The summed E-state index contributed by atoms with van der Waals surface area (Å²) in [4.78, 5) is 13.7. The number of carbonyl (C=O) groups excluding carboxylic acids is 1. The predicted molar refractivity (Wildman–Crippen MR) is 92.3 cm³/mol. The number of benzene rings is 1. The third kappa shape index (κ3) is 5.08. The van der Waals surface area contributed by atoms with Crippen LogP contribution in [0.2, 0.25) is 10.0 Å². The topological polar surface area (TPSA) is 64.8 Å². The molecule has 1 aromatic carbocycles. The maximum Gasteiger partial charge on any atom is 0.410 e. The summed E-state index contributed by atoms with van der Waals surface area (Å²) in [6.07, 6.45) is 1.04. The molecule has 5 nitrogen and oxygen atoms in total. The molecule has 23 heavy (non-hydrogen) atoms. The molecule has 7 heteroatoms. The second-order valence-corrected chi connectivity index (χ2v) is 7.41. The Kier molecular flexibility index (Phi) is 5.53. The van der Waals surface area contributed by atoms with Gasteiger partial charge in [0.15, 0.2) is 5.75 Å². The minimum atomic E-state index is -0.491. The number of nitrogens with zero attached hydrogens (tertiary/aromatic N) is 1. The molecule has 128 valence electrons. The molecule has 0 bridgehead atoms. The van der Waals surface area contributed by atoms with Crippen molar-refractivity contribution in [2.45, 2.75) is 45.3 Å². The zero-order valence-corrected chi connectivity index (χ0v) is 15.1. The van der Waals surface area contributed by atoms with Crippen molar-refractivity contribution in [1.29, 1.82) is 0 Å². The first-order valence-electron chi connectivity index (χ1n) is 7.55. The fourth-order valence-corrected chi connectivity index (χ4v) is 2.93. The maximum absolute atomic E-state index is 12.0. The average molecular weight is 361 g/mol. The van der Waals surface area contributed by atoms with Crippen molar-refractivity contribution in [2.75, 3.05) is 18.8 Å². The van der Waals surface area contributed by atoms with Gasteiger partial charge in [-0.1, -0.05) is 23.2 Å². The highest BCUT2D eigenvalue weighted by molar-refractivity contribution is 6.37. The van der Waals surface area contributed by atoms with E-state index in [9.17, 15) is 4.79 Å². The number of amides is 1. The van der Waals surface area contributed by atoms with Crippen LogP contribution < -0.4 is 10.5 Å². The molecule has 0 unspecified atom stereocenters. The Bertz CT molecular complexity index is 556. The van der Waals surface area contributed by atoms with Crippen molar-refractivity contribution in [3.8, 4) is 5.75 Å². The molecule has 1 aliphatic rings. The summed E-state index contributed by atoms with van der Waals surface area (Å²) in [7, 11) is 0. The van der Waals surface area contributed by atoms with E-state index in [4.69, 9.17) is 38.4 Å². The molecule has 0 aliphatic carbocycles. The van der Waals surface area contributed by atoms with Crippen molar-refractivity contribution in [3.05, 3.63) is 22.2 Å². The Morgan fingerprint density at radius 3 is 2.22 bits per heavy atom. The van der Waals surface area contributed by atoms with Crippen LogP contribution in [0, 0.1) is 0 Å². The van der Waals surface area contributed by atoms with E-state index < -0.39 is 5.60 Å². The number of carbonyl (C=O) groups is 1. The molecule has 2 N–H and O–H groups in total. The van der Waals surface area contributed by atoms with Gasteiger partial charge in [-0.25, -0.2) is 4.79 Å². The van der Waals surface area contributed by atoms with E-state index in [2.05, 4.69) is 0 Å². The van der Waals surface area contributed by atoms with E-state index in [1.165, 1.54) is 0 Å². The standard InChI is InChI=1S/C16H22Cl2N2O3/c1-16(2,3)23-15(21)20-6-4-11(5-7-20)22-14-12(17)8-10(19)9-13(14)18/h8-9,11H,4-7,19H2,1-3H3. The molecule has 1 aliphatic heterocycles. The fourth-order valence-electron chi connectivity index (χ4n) is 2.34. The minimum absolute atomic E-state index is 0.0488. The van der Waals surface area contributed by atoms with Crippen molar-refractivity contribution in [1.82, 2.24) is 4.90 Å². The molecule has 1 aromatic rings. The zero-order chi connectivity index (χ0) is 17.2. The average Bonchev–Trinajstić information content (AvgIpc) is 2.41. The van der Waals surface area contributed by atoms with Crippen LogP contribution in [-0.2, 0) is 4.74 Å². The van der Waals surface area contributed by atoms with Gasteiger partial charge in [-0.15, -0.1) is 0 Å². The van der Waals surface area contributed by atoms with E-state index in [0.29, 0.717) is 47.4 Å². The zero-order valence-electron chi connectivity index (χ0n) is 13.6. The number of ether oxygens (including phenoxy) is 2. The first-order valence-corrected chi connectivity index (χ1v) is 8.30. The molecule has 0 spiro atoms. The second kappa shape index (κ2) is 7.05.